The van der Waals surface area contributed by atoms with Gasteiger partial charge in [0.05, 0.1) is 13.0 Å². The molecule has 0 aliphatic rings. The fourth-order valence-corrected chi connectivity index (χ4v) is 2.32. The molecule has 94 valence electrons. The molecule has 1 atom stereocenters. The van der Waals surface area contributed by atoms with E-state index in [1.807, 2.05) is 32.0 Å². The van der Waals surface area contributed by atoms with Crippen LogP contribution in [0.15, 0.2) is 42.5 Å². The second-order valence-electron chi connectivity index (χ2n) is 4.85. The number of carbonyl (C=O) groups is 1. The van der Waals surface area contributed by atoms with E-state index < -0.39 is 0 Å². The molecule has 0 radical (unpaired) electrons. The van der Waals surface area contributed by atoms with Crippen LogP contribution in [0, 0.1) is 5.92 Å². The molecule has 2 heteroatoms. The van der Waals surface area contributed by atoms with E-state index in [-0.39, 0.29) is 17.8 Å². The first kappa shape index (κ1) is 12.6. The van der Waals surface area contributed by atoms with Crippen molar-refractivity contribution in [2.45, 2.75) is 19.8 Å². The molecule has 2 rings (SSSR count). The maximum atomic E-state index is 11.9. The van der Waals surface area contributed by atoms with Crippen molar-refractivity contribution in [2.75, 3.05) is 7.11 Å². The van der Waals surface area contributed by atoms with Crippen molar-refractivity contribution in [3.63, 3.8) is 0 Å². The molecule has 0 saturated heterocycles. The summed E-state index contributed by atoms with van der Waals surface area (Å²) < 4.78 is 4.90. The Bertz CT molecular complexity index is 558. The van der Waals surface area contributed by atoms with Crippen molar-refractivity contribution in [2.24, 2.45) is 5.92 Å². The zero-order valence-corrected chi connectivity index (χ0v) is 11.0. The van der Waals surface area contributed by atoms with Gasteiger partial charge in [0.15, 0.2) is 0 Å². The van der Waals surface area contributed by atoms with E-state index in [0.717, 1.165) is 10.9 Å². The zero-order chi connectivity index (χ0) is 13.1. The fraction of sp³-hybridized carbons (Fsp3) is 0.312. The van der Waals surface area contributed by atoms with E-state index in [1.54, 1.807) is 0 Å². The van der Waals surface area contributed by atoms with Crippen LogP contribution in [0.4, 0.5) is 0 Å². The standard InChI is InChI=1S/C16H18O2/c1-11(2)15(16(17)18-3)14-9-8-12-6-4-5-7-13(12)10-14/h4-11,15H,1-3H3. The average molecular weight is 242 g/mol. The Morgan fingerprint density at radius 1 is 1.06 bits per heavy atom. The van der Waals surface area contributed by atoms with Crippen LogP contribution in [-0.4, -0.2) is 13.1 Å². The van der Waals surface area contributed by atoms with E-state index in [0.29, 0.717) is 0 Å². The van der Waals surface area contributed by atoms with Crippen molar-refractivity contribution >= 4 is 16.7 Å². The van der Waals surface area contributed by atoms with Crippen LogP contribution in [-0.2, 0) is 9.53 Å². The predicted octanol–water partition coefficient (Wildman–Crippen LogP) is 3.75. The van der Waals surface area contributed by atoms with E-state index >= 15 is 0 Å². The first-order valence-electron chi connectivity index (χ1n) is 6.20. The second-order valence-corrected chi connectivity index (χ2v) is 4.85. The van der Waals surface area contributed by atoms with Gasteiger partial charge in [-0.3, -0.25) is 4.79 Å². The molecule has 2 aromatic rings. The highest BCUT2D eigenvalue weighted by molar-refractivity contribution is 5.86. The number of benzene rings is 2. The van der Waals surface area contributed by atoms with Crippen LogP contribution in [0.2, 0.25) is 0 Å². The van der Waals surface area contributed by atoms with Crippen LogP contribution in [0.25, 0.3) is 10.8 Å². The normalized spacial score (nSPS) is 12.7. The predicted molar refractivity (Wildman–Crippen MR) is 73.5 cm³/mol. The van der Waals surface area contributed by atoms with E-state index in [1.165, 1.54) is 12.5 Å². The molecule has 1 unspecified atom stereocenters. The summed E-state index contributed by atoms with van der Waals surface area (Å²) in [5, 5.41) is 2.35. The van der Waals surface area contributed by atoms with Gasteiger partial charge < -0.3 is 4.74 Å². The number of rotatable bonds is 3. The van der Waals surface area contributed by atoms with Crippen LogP contribution in [0.3, 0.4) is 0 Å². The second kappa shape index (κ2) is 5.21. The van der Waals surface area contributed by atoms with Crippen molar-refractivity contribution in [3.05, 3.63) is 48.0 Å². The molecule has 0 heterocycles. The Kier molecular flexibility index (Phi) is 3.66. The number of hydrogen-bond acceptors (Lipinski definition) is 2. The largest absolute Gasteiger partial charge is 0.469 e. The molecule has 18 heavy (non-hydrogen) atoms. The van der Waals surface area contributed by atoms with E-state index in [9.17, 15) is 4.79 Å². The van der Waals surface area contributed by atoms with Gasteiger partial charge in [-0.15, -0.1) is 0 Å². The monoisotopic (exact) mass is 242 g/mol. The number of esters is 1. The maximum Gasteiger partial charge on any atom is 0.313 e. The zero-order valence-electron chi connectivity index (χ0n) is 11.0. The molecule has 0 saturated carbocycles. The Hall–Kier alpha value is -1.83. The molecule has 0 aliphatic heterocycles. The molecule has 2 nitrogen and oxygen atoms in total. The third-order valence-corrected chi connectivity index (χ3v) is 3.25. The molecular formula is C16H18O2. The molecule has 0 N–H and O–H groups in total. The van der Waals surface area contributed by atoms with Crippen LogP contribution in [0.5, 0.6) is 0 Å². The van der Waals surface area contributed by atoms with Crippen molar-refractivity contribution in [3.8, 4) is 0 Å². The number of hydrogen-bond donors (Lipinski definition) is 0. The Labute approximate surface area is 108 Å². The summed E-state index contributed by atoms with van der Waals surface area (Å²) in [5.74, 6) is -0.140. The third-order valence-electron chi connectivity index (χ3n) is 3.25. The maximum absolute atomic E-state index is 11.9. The molecule has 0 aromatic heterocycles. The lowest BCUT2D eigenvalue weighted by Gasteiger charge is -2.19. The van der Waals surface area contributed by atoms with Gasteiger partial charge in [-0.25, -0.2) is 0 Å². The summed E-state index contributed by atoms with van der Waals surface area (Å²) in [7, 11) is 1.44. The summed E-state index contributed by atoms with van der Waals surface area (Å²) in [6, 6.07) is 14.3. The number of fused-ring (bicyclic) bond motifs is 1. The molecule has 0 spiro atoms. The summed E-state index contributed by atoms with van der Waals surface area (Å²) >= 11 is 0. The summed E-state index contributed by atoms with van der Waals surface area (Å²) in [5.41, 5.74) is 1.02. The number of carbonyl (C=O) groups excluding carboxylic acids is 1. The number of ether oxygens (including phenoxy) is 1. The van der Waals surface area contributed by atoms with Crippen molar-refractivity contribution in [1.29, 1.82) is 0 Å². The van der Waals surface area contributed by atoms with Gasteiger partial charge >= 0.3 is 5.97 Å². The SMILES string of the molecule is COC(=O)C(c1ccc2ccccc2c1)C(C)C. The molecule has 0 aliphatic carbocycles. The summed E-state index contributed by atoms with van der Waals surface area (Å²) in [4.78, 5) is 11.9. The Morgan fingerprint density at radius 3 is 2.33 bits per heavy atom. The smallest absolute Gasteiger partial charge is 0.313 e. The van der Waals surface area contributed by atoms with Gasteiger partial charge in [0.2, 0.25) is 0 Å². The molecule has 0 amide bonds. The van der Waals surface area contributed by atoms with Gasteiger partial charge in [-0.05, 0) is 22.3 Å². The van der Waals surface area contributed by atoms with Gasteiger partial charge in [-0.1, -0.05) is 56.3 Å². The van der Waals surface area contributed by atoms with E-state index in [4.69, 9.17) is 4.74 Å². The summed E-state index contributed by atoms with van der Waals surface area (Å²) in [6.45, 7) is 4.08. The van der Waals surface area contributed by atoms with Gasteiger partial charge in [0, 0.05) is 0 Å². The van der Waals surface area contributed by atoms with Gasteiger partial charge in [0.1, 0.15) is 0 Å². The minimum absolute atomic E-state index is 0.166. The minimum atomic E-state index is -0.195. The highest BCUT2D eigenvalue weighted by Crippen LogP contribution is 2.28. The molecule has 0 bridgehead atoms. The summed E-state index contributed by atoms with van der Waals surface area (Å²) in [6.07, 6.45) is 0. The van der Waals surface area contributed by atoms with Crippen LogP contribution in [0.1, 0.15) is 25.3 Å². The van der Waals surface area contributed by atoms with Crippen molar-refractivity contribution in [1.82, 2.24) is 0 Å². The fourth-order valence-electron chi connectivity index (χ4n) is 2.32. The van der Waals surface area contributed by atoms with Crippen molar-refractivity contribution < 1.29 is 9.53 Å². The highest BCUT2D eigenvalue weighted by atomic mass is 16.5. The first-order chi connectivity index (χ1) is 8.63. The highest BCUT2D eigenvalue weighted by Gasteiger charge is 2.24. The Morgan fingerprint density at radius 2 is 1.72 bits per heavy atom. The van der Waals surface area contributed by atoms with Crippen LogP contribution >= 0.6 is 0 Å². The lowest BCUT2D eigenvalue weighted by atomic mass is 9.87. The average Bonchev–Trinajstić information content (AvgIpc) is 2.38. The Balaban J connectivity index is 2.48. The minimum Gasteiger partial charge on any atom is -0.469 e. The molecular weight excluding hydrogens is 224 g/mol. The third kappa shape index (κ3) is 2.37. The van der Waals surface area contributed by atoms with Gasteiger partial charge in [0.25, 0.3) is 0 Å². The van der Waals surface area contributed by atoms with Gasteiger partial charge in [-0.2, -0.15) is 0 Å². The topological polar surface area (TPSA) is 26.3 Å². The lowest BCUT2D eigenvalue weighted by molar-refractivity contribution is -0.143. The van der Waals surface area contributed by atoms with Crippen LogP contribution < -0.4 is 0 Å². The number of methoxy groups -OCH3 is 1. The lowest BCUT2D eigenvalue weighted by Crippen LogP contribution is -2.19. The quantitative estimate of drug-likeness (QED) is 0.766. The van der Waals surface area contributed by atoms with E-state index in [2.05, 4.69) is 24.3 Å². The molecule has 0 fully saturated rings. The first-order valence-corrected chi connectivity index (χ1v) is 6.20. The molecule has 2 aromatic carbocycles.